The van der Waals surface area contributed by atoms with Crippen molar-refractivity contribution in [2.45, 2.75) is 6.04 Å². The lowest BCUT2D eigenvalue weighted by Crippen LogP contribution is -2.20. The molecule has 4 nitrogen and oxygen atoms in total. The number of benzene rings is 1. The molecule has 1 atom stereocenters. The predicted molar refractivity (Wildman–Crippen MR) is 52.5 cm³/mol. The van der Waals surface area contributed by atoms with Crippen molar-refractivity contribution in [3.8, 4) is 5.75 Å². The van der Waals surface area contributed by atoms with E-state index in [1.807, 2.05) is 0 Å². The molecule has 1 aromatic rings. The quantitative estimate of drug-likeness (QED) is 0.831. The lowest BCUT2D eigenvalue weighted by Gasteiger charge is -2.10. The molecule has 0 aliphatic heterocycles. The molecule has 1 aromatic carbocycles. The van der Waals surface area contributed by atoms with Gasteiger partial charge < -0.3 is 15.6 Å². The molecule has 6 heteroatoms. The highest BCUT2D eigenvalue weighted by Gasteiger charge is 2.18. The summed E-state index contributed by atoms with van der Waals surface area (Å²) in [6.07, 6.45) is 0. The molecule has 0 fully saturated rings. The van der Waals surface area contributed by atoms with Crippen molar-refractivity contribution in [2.24, 2.45) is 5.73 Å². The van der Waals surface area contributed by atoms with Crippen LogP contribution in [-0.4, -0.2) is 18.2 Å². The van der Waals surface area contributed by atoms with E-state index < -0.39 is 17.8 Å². The van der Waals surface area contributed by atoms with Crippen LogP contribution in [0.15, 0.2) is 12.1 Å². The summed E-state index contributed by atoms with van der Waals surface area (Å²) < 4.78 is 17.9. The molecule has 0 saturated carbocycles. The number of ether oxygens (including phenoxy) is 1. The average molecular weight is 234 g/mol. The van der Waals surface area contributed by atoms with Gasteiger partial charge in [0, 0.05) is 0 Å². The molecule has 0 bridgehead atoms. The smallest absolute Gasteiger partial charge is 0.325 e. The Morgan fingerprint density at radius 3 is 2.73 bits per heavy atom. The van der Waals surface area contributed by atoms with Gasteiger partial charge in [-0.3, -0.25) is 4.79 Å². The first-order chi connectivity index (χ1) is 6.97. The van der Waals surface area contributed by atoms with Crippen LogP contribution in [0.25, 0.3) is 0 Å². The summed E-state index contributed by atoms with van der Waals surface area (Å²) in [5, 5.41) is 8.44. The van der Waals surface area contributed by atoms with E-state index in [2.05, 4.69) is 4.74 Å². The van der Waals surface area contributed by atoms with Crippen molar-refractivity contribution in [3.05, 3.63) is 28.5 Å². The number of nitrogens with two attached hydrogens (primary N) is 1. The Morgan fingerprint density at radius 1 is 1.67 bits per heavy atom. The Bertz CT molecular complexity index is 397. The van der Waals surface area contributed by atoms with Gasteiger partial charge in [-0.2, -0.15) is 0 Å². The minimum atomic E-state index is -1.25. The molecule has 15 heavy (non-hydrogen) atoms. The van der Waals surface area contributed by atoms with Gasteiger partial charge in [-0.1, -0.05) is 11.6 Å². The zero-order chi connectivity index (χ0) is 11.6. The van der Waals surface area contributed by atoms with Gasteiger partial charge in [-0.15, -0.1) is 0 Å². The maximum Gasteiger partial charge on any atom is 0.325 e. The third-order valence-electron chi connectivity index (χ3n) is 1.86. The topological polar surface area (TPSA) is 72.5 Å². The Hall–Kier alpha value is -1.33. The highest BCUT2D eigenvalue weighted by Crippen LogP contribution is 2.28. The number of carboxylic acids is 1. The molecule has 0 aliphatic rings. The van der Waals surface area contributed by atoms with E-state index in [1.54, 1.807) is 0 Å². The molecular weight excluding hydrogens is 225 g/mol. The monoisotopic (exact) mass is 233 g/mol. The highest BCUT2D eigenvalue weighted by atomic mass is 35.5. The number of carboxylic acid groups (broad SMARTS) is 1. The van der Waals surface area contributed by atoms with Gasteiger partial charge in [0.15, 0.2) is 11.6 Å². The number of rotatable bonds is 3. The van der Waals surface area contributed by atoms with Gasteiger partial charge in [-0.25, -0.2) is 4.39 Å². The van der Waals surface area contributed by atoms with Crippen LogP contribution in [0.1, 0.15) is 11.6 Å². The van der Waals surface area contributed by atoms with Gasteiger partial charge in [0.05, 0.1) is 12.1 Å². The molecule has 0 saturated heterocycles. The van der Waals surface area contributed by atoms with Crippen molar-refractivity contribution >= 4 is 17.6 Å². The Kier molecular flexibility index (Phi) is 3.49. The van der Waals surface area contributed by atoms with E-state index in [4.69, 9.17) is 22.4 Å². The van der Waals surface area contributed by atoms with Crippen LogP contribution in [0.4, 0.5) is 4.39 Å². The van der Waals surface area contributed by atoms with Crippen molar-refractivity contribution in [1.29, 1.82) is 0 Å². The number of methoxy groups -OCH3 is 1. The minimum absolute atomic E-state index is 0.130. The van der Waals surface area contributed by atoms with Gasteiger partial charge in [0.25, 0.3) is 0 Å². The van der Waals surface area contributed by atoms with Crippen molar-refractivity contribution in [1.82, 2.24) is 0 Å². The van der Waals surface area contributed by atoms with Crippen LogP contribution in [-0.2, 0) is 4.79 Å². The van der Waals surface area contributed by atoms with Crippen LogP contribution in [0, 0.1) is 5.82 Å². The Labute approximate surface area is 90.4 Å². The molecule has 1 unspecified atom stereocenters. The predicted octanol–water partition coefficient (Wildman–Crippen LogP) is 1.57. The molecule has 0 heterocycles. The van der Waals surface area contributed by atoms with E-state index >= 15 is 0 Å². The van der Waals surface area contributed by atoms with E-state index in [0.29, 0.717) is 0 Å². The summed E-state index contributed by atoms with van der Waals surface area (Å²) in [5.74, 6) is -2.09. The first-order valence-corrected chi connectivity index (χ1v) is 4.36. The molecule has 82 valence electrons. The van der Waals surface area contributed by atoms with Crippen LogP contribution < -0.4 is 10.5 Å². The van der Waals surface area contributed by atoms with E-state index in [9.17, 15) is 9.18 Å². The van der Waals surface area contributed by atoms with Crippen molar-refractivity contribution < 1.29 is 19.0 Å². The second-order valence-electron chi connectivity index (χ2n) is 2.83. The van der Waals surface area contributed by atoms with E-state index in [0.717, 1.165) is 6.07 Å². The summed E-state index contributed by atoms with van der Waals surface area (Å²) in [7, 11) is 1.25. The standard InChI is InChI=1S/C9H9ClFNO3/c1-15-6-3-4(8(12)9(13)14)2-5(10)7(6)11/h2-3,8H,12H2,1H3,(H,13,14). The zero-order valence-electron chi connectivity index (χ0n) is 7.83. The maximum absolute atomic E-state index is 13.2. The summed E-state index contributed by atoms with van der Waals surface area (Å²) in [4.78, 5) is 10.6. The second kappa shape index (κ2) is 4.46. The minimum Gasteiger partial charge on any atom is -0.494 e. The van der Waals surface area contributed by atoms with E-state index in [-0.39, 0.29) is 16.3 Å². The van der Waals surface area contributed by atoms with Crippen molar-refractivity contribution in [2.75, 3.05) is 7.11 Å². The number of halogens is 2. The SMILES string of the molecule is COc1cc(C(N)C(=O)O)cc(Cl)c1F. The molecule has 3 N–H and O–H groups in total. The number of hydrogen-bond donors (Lipinski definition) is 2. The summed E-state index contributed by atoms with van der Waals surface area (Å²) in [6, 6.07) is 1.12. The first kappa shape index (κ1) is 11.7. The van der Waals surface area contributed by atoms with Gasteiger partial charge in [0.1, 0.15) is 6.04 Å². The molecule has 0 spiro atoms. The van der Waals surface area contributed by atoms with Crippen LogP contribution >= 0.6 is 11.6 Å². The van der Waals surface area contributed by atoms with Crippen molar-refractivity contribution in [3.63, 3.8) is 0 Å². The summed E-state index contributed by atoms with van der Waals surface area (Å²) in [6.45, 7) is 0. The lowest BCUT2D eigenvalue weighted by atomic mass is 10.1. The normalized spacial score (nSPS) is 12.3. The van der Waals surface area contributed by atoms with E-state index in [1.165, 1.54) is 13.2 Å². The fraction of sp³-hybridized carbons (Fsp3) is 0.222. The second-order valence-corrected chi connectivity index (χ2v) is 3.24. The molecular formula is C9H9ClFNO3. The van der Waals surface area contributed by atoms with Crippen LogP contribution in [0.5, 0.6) is 5.75 Å². The highest BCUT2D eigenvalue weighted by molar-refractivity contribution is 6.31. The summed E-state index contributed by atoms with van der Waals surface area (Å²) >= 11 is 5.54. The zero-order valence-corrected chi connectivity index (χ0v) is 8.58. The van der Waals surface area contributed by atoms with Crippen LogP contribution in [0.2, 0.25) is 5.02 Å². The van der Waals surface area contributed by atoms with Crippen LogP contribution in [0.3, 0.4) is 0 Å². The van der Waals surface area contributed by atoms with Gasteiger partial charge >= 0.3 is 5.97 Å². The fourth-order valence-corrected chi connectivity index (χ4v) is 1.27. The molecule has 0 aliphatic carbocycles. The lowest BCUT2D eigenvalue weighted by molar-refractivity contribution is -0.138. The molecule has 0 aromatic heterocycles. The molecule has 0 amide bonds. The average Bonchev–Trinajstić information content (AvgIpc) is 2.20. The third-order valence-corrected chi connectivity index (χ3v) is 2.14. The number of carbonyl (C=O) groups is 1. The largest absolute Gasteiger partial charge is 0.494 e. The Balaban J connectivity index is 3.22. The summed E-state index contributed by atoms with van der Waals surface area (Å²) in [5.41, 5.74) is 5.53. The maximum atomic E-state index is 13.2. The third kappa shape index (κ3) is 2.37. The fourth-order valence-electron chi connectivity index (χ4n) is 1.05. The Morgan fingerprint density at radius 2 is 2.27 bits per heavy atom. The number of hydrogen-bond acceptors (Lipinski definition) is 3. The van der Waals surface area contributed by atoms with Gasteiger partial charge in [0.2, 0.25) is 0 Å². The molecule has 1 rings (SSSR count). The number of aliphatic carboxylic acids is 1. The van der Waals surface area contributed by atoms with Gasteiger partial charge in [-0.05, 0) is 17.7 Å². The molecule has 0 radical (unpaired) electrons. The first-order valence-electron chi connectivity index (χ1n) is 3.98.